The predicted octanol–water partition coefficient (Wildman–Crippen LogP) is 2.54. The lowest BCUT2D eigenvalue weighted by Gasteiger charge is -1.83. The first-order valence-electron chi connectivity index (χ1n) is 1.80. The van der Waals surface area contributed by atoms with Gasteiger partial charge in [0.05, 0.1) is 0 Å². The fourth-order valence-corrected chi connectivity index (χ4v) is 0.475. The molecule has 0 nitrogen and oxygen atoms in total. The van der Waals surface area contributed by atoms with Crippen LogP contribution in [-0.2, 0) is 0 Å². The molecule has 0 saturated heterocycles. The lowest BCUT2D eigenvalue weighted by Crippen LogP contribution is -1.74. The summed E-state index contributed by atoms with van der Waals surface area (Å²) in [5.74, 6) is 0.579. The van der Waals surface area contributed by atoms with Crippen molar-refractivity contribution in [1.82, 2.24) is 0 Å². The molecule has 0 fully saturated rings. The third kappa shape index (κ3) is 6.67. The highest BCUT2D eigenvalue weighted by molar-refractivity contribution is 7.80. The molecule has 7 heavy (non-hydrogen) atoms. The topological polar surface area (TPSA) is 0 Å². The molecular weight excluding hydrogens is 151 g/mol. The maximum atomic E-state index is 5.29. The number of rotatable bonds is 2. The fraction of sp³-hybridized carbons (Fsp3) is 0.500. The van der Waals surface area contributed by atoms with Crippen molar-refractivity contribution >= 4 is 35.8 Å². The van der Waals surface area contributed by atoms with Gasteiger partial charge in [-0.15, -0.1) is 23.2 Å². The van der Waals surface area contributed by atoms with E-state index in [-0.39, 0.29) is 0 Å². The molecule has 41 valence electrons. The molecule has 3 heteroatoms. The summed E-state index contributed by atoms with van der Waals surface area (Å²) in [7, 11) is 0. The van der Waals surface area contributed by atoms with Crippen LogP contribution >= 0.6 is 35.8 Å². The molecule has 0 aliphatic rings. The van der Waals surface area contributed by atoms with E-state index >= 15 is 0 Å². The lowest BCUT2D eigenvalue weighted by molar-refractivity contribution is 1.57. The van der Waals surface area contributed by atoms with Gasteiger partial charge in [-0.2, -0.15) is 0 Å². The number of alkyl halides is 2. The summed E-state index contributed by atoms with van der Waals surface area (Å²) in [6, 6.07) is 0. The maximum Gasteiger partial charge on any atom is 0.125 e. The zero-order valence-corrected chi connectivity index (χ0v) is 5.93. The van der Waals surface area contributed by atoms with Crippen LogP contribution in [0.5, 0.6) is 0 Å². The van der Waals surface area contributed by atoms with Crippen LogP contribution in [0.3, 0.4) is 0 Å². The average molecular weight is 156 g/mol. The summed E-state index contributed by atoms with van der Waals surface area (Å²) in [6.45, 7) is 0. The van der Waals surface area contributed by atoms with Gasteiger partial charge in [0.15, 0.2) is 0 Å². The lowest BCUT2D eigenvalue weighted by atomic mass is 10.6. The molecule has 0 amide bonds. The van der Waals surface area contributed by atoms with Gasteiger partial charge in [0, 0.05) is 5.75 Å². The third-order valence-electron chi connectivity index (χ3n) is 0.378. The van der Waals surface area contributed by atoms with Gasteiger partial charge in [0.25, 0.3) is 0 Å². The molecule has 0 spiro atoms. The molecule has 0 rings (SSSR count). The normalized spacial score (nSPS) is 11.4. The Balaban J connectivity index is 3.08. The van der Waals surface area contributed by atoms with Crippen molar-refractivity contribution in [3.63, 3.8) is 0 Å². The van der Waals surface area contributed by atoms with Crippen LogP contribution in [0.1, 0.15) is 0 Å². The van der Waals surface area contributed by atoms with Crippen LogP contribution in [0, 0.1) is 0 Å². The van der Waals surface area contributed by atoms with Crippen LogP contribution in [0.25, 0.3) is 0 Å². The molecule has 0 saturated carbocycles. The van der Waals surface area contributed by atoms with Gasteiger partial charge in [0.2, 0.25) is 0 Å². The van der Waals surface area contributed by atoms with E-state index in [1.54, 1.807) is 12.2 Å². The van der Waals surface area contributed by atoms with Crippen molar-refractivity contribution in [2.24, 2.45) is 0 Å². The minimum atomic E-state index is -0.400. The second-order valence-electron chi connectivity index (χ2n) is 0.929. The van der Waals surface area contributed by atoms with Crippen molar-refractivity contribution in [3.05, 3.63) is 12.2 Å². The van der Waals surface area contributed by atoms with Crippen molar-refractivity contribution in [2.45, 2.75) is 4.84 Å². The molecule has 0 unspecified atom stereocenters. The first-order chi connectivity index (χ1) is 3.27. The van der Waals surface area contributed by atoms with Crippen LogP contribution < -0.4 is 0 Å². The van der Waals surface area contributed by atoms with Crippen LogP contribution in [-0.4, -0.2) is 10.6 Å². The highest BCUT2D eigenvalue weighted by Crippen LogP contribution is 2.01. The fourth-order valence-electron chi connectivity index (χ4n) is 0.158. The summed E-state index contributed by atoms with van der Waals surface area (Å²) < 4.78 is 0. The van der Waals surface area contributed by atoms with E-state index in [2.05, 4.69) is 12.6 Å². The van der Waals surface area contributed by atoms with Crippen LogP contribution in [0.4, 0.5) is 0 Å². The average Bonchev–Trinajstić information content (AvgIpc) is 1.61. The number of hydrogen-bond donors (Lipinski definition) is 0. The monoisotopic (exact) mass is 155 g/mol. The van der Waals surface area contributed by atoms with E-state index < -0.39 is 4.84 Å². The summed E-state index contributed by atoms with van der Waals surface area (Å²) in [5.41, 5.74) is 0. The highest BCUT2D eigenvalue weighted by Gasteiger charge is 1.84. The Morgan fingerprint density at radius 2 is 2.14 bits per heavy atom. The smallest absolute Gasteiger partial charge is 0.101 e. The summed E-state index contributed by atoms with van der Waals surface area (Å²) in [4.78, 5) is -0.400. The zero-order valence-electron chi connectivity index (χ0n) is 3.60. The quantitative estimate of drug-likeness (QED) is 0.425. The minimum Gasteiger partial charge on any atom is -0.101 e. The van der Waals surface area contributed by atoms with Crippen LogP contribution in [0.15, 0.2) is 12.2 Å². The molecule has 0 aromatic rings. The minimum absolute atomic E-state index is 0.400. The van der Waals surface area contributed by atoms with Gasteiger partial charge in [-0.3, -0.25) is 0 Å². The third-order valence-corrected chi connectivity index (χ3v) is 0.861. The Morgan fingerprint density at radius 3 is 2.29 bits per heavy atom. The Bertz CT molecular complexity index is 60.7. The summed E-state index contributed by atoms with van der Waals surface area (Å²) in [6.07, 6.45) is 3.40. The first-order valence-corrected chi connectivity index (χ1v) is 3.25. The SMILES string of the molecule is [S]CC=CC(Cl)Cl. The Labute approximate surface area is 58.9 Å². The Morgan fingerprint density at radius 1 is 1.57 bits per heavy atom. The molecule has 0 N–H and O–H groups in total. The molecule has 0 aliphatic heterocycles. The van der Waals surface area contributed by atoms with E-state index in [0.717, 1.165) is 0 Å². The van der Waals surface area contributed by atoms with E-state index in [4.69, 9.17) is 23.2 Å². The molecule has 0 heterocycles. The maximum absolute atomic E-state index is 5.29. The first kappa shape index (κ1) is 7.67. The van der Waals surface area contributed by atoms with E-state index in [9.17, 15) is 0 Å². The summed E-state index contributed by atoms with van der Waals surface area (Å²) >= 11 is 15.1. The molecular formula is C4H5Cl2S. The molecule has 0 aromatic carbocycles. The van der Waals surface area contributed by atoms with Gasteiger partial charge < -0.3 is 0 Å². The van der Waals surface area contributed by atoms with Crippen molar-refractivity contribution in [3.8, 4) is 0 Å². The Kier molecular flexibility index (Phi) is 5.28. The van der Waals surface area contributed by atoms with Gasteiger partial charge in [0.1, 0.15) is 4.84 Å². The van der Waals surface area contributed by atoms with Gasteiger partial charge in [-0.05, 0) is 0 Å². The molecule has 0 bridgehead atoms. The van der Waals surface area contributed by atoms with Gasteiger partial charge in [-0.1, -0.05) is 24.8 Å². The predicted molar refractivity (Wildman–Crippen MR) is 37.1 cm³/mol. The molecule has 0 atom stereocenters. The number of hydrogen-bond acceptors (Lipinski definition) is 0. The van der Waals surface area contributed by atoms with Crippen molar-refractivity contribution in [1.29, 1.82) is 0 Å². The second kappa shape index (κ2) is 4.82. The van der Waals surface area contributed by atoms with Gasteiger partial charge >= 0.3 is 0 Å². The van der Waals surface area contributed by atoms with Gasteiger partial charge in [-0.25, -0.2) is 0 Å². The standard InChI is InChI=1S/C4H5Cl2S/c5-4(6)2-1-3-7/h1-2,4H,3H2. The number of allylic oxidation sites excluding steroid dienone is 1. The Hall–Kier alpha value is 0.670. The highest BCUT2D eigenvalue weighted by atomic mass is 35.5. The van der Waals surface area contributed by atoms with E-state index in [1.165, 1.54) is 0 Å². The zero-order chi connectivity index (χ0) is 5.70. The number of halogens is 2. The van der Waals surface area contributed by atoms with Crippen LogP contribution in [0.2, 0.25) is 0 Å². The van der Waals surface area contributed by atoms with E-state index in [0.29, 0.717) is 5.75 Å². The van der Waals surface area contributed by atoms with Crippen molar-refractivity contribution in [2.75, 3.05) is 5.75 Å². The molecule has 1 radical (unpaired) electrons. The second-order valence-corrected chi connectivity index (χ2v) is 2.43. The molecule has 0 aliphatic carbocycles. The van der Waals surface area contributed by atoms with Crippen molar-refractivity contribution < 1.29 is 0 Å². The largest absolute Gasteiger partial charge is 0.125 e. The van der Waals surface area contributed by atoms with E-state index in [1.807, 2.05) is 0 Å². The summed E-state index contributed by atoms with van der Waals surface area (Å²) in [5, 5.41) is 0. The molecule has 0 aromatic heterocycles.